The monoisotopic (exact) mass is 328 g/mol. The first-order valence-corrected chi connectivity index (χ1v) is 8.89. The van der Waals surface area contributed by atoms with E-state index in [1.807, 2.05) is 12.1 Å². The normalized spacial score (nSPS) is 13.9. The molecule has 4 nitrogen and oxygen atoms in total. The molecule has 24 heavy (non-hydrogen) atoms. The Kier molecular flexibility index (Phi) is 8.20. The van der Waals surface area contributed by atoms with Crippen LogP contribution in [0.2, 0.25) is 0 Å². The summed E-state index contributed by atoms with van der Waals surface area (Å²) in [5, 5.41) is 12.1. The van der Waals surface area contributed by atoms with Gasteiger partial charge in [-0.15, -0.1) is 0 Å². The number of nitrogens with zero attached hydrogens (tertiary/aromatic N) is 1. The molecular weight excluding hydrogens is 300 g/mol. The van der Waals surface area contributed by atoms with Crippen molar-refractivity contribution in [2.45, 2.75) is 51.5 Å². The lowest BCUT2D eigenvalue weighted by Crippen LogP contribution is -2.15. The van der Waals surface area contributed by atoms with Crippen LogP contribution in [0.4, 0.5) is 0 Å². The van der Waals surface area contributed by atoms with Crippen LogP contribution in [-0.4, -0.2) is 20.3 Å². The number of ether oxygens (including phenoxy) is 2. The molecule has 4 heteroatoms. The van der Waals surface area contributed by atoms with Crippen LogP contribution < -0.4 is 14.8 Å². The zero-order valence-electron chi connectivity index (χ0n) is 14.6. The van der Waals surface area contributed by atoms with E-state index in [-0.39, 0.29) is 0 Å². The molecule has 0 bridgehead atoms. The number of benzene rings is 1. The highest BCUT2D eigenvalue weighted by molar-refractivity contribution is 5.42. The Morgan fingerprint density at radius 3 is 2.92 bits per heavy atom. The van der Waals surface area contributed by atoms with Gasteiger partial charge < -0.3 is 14.8 Å². The van der Waals surface area contributed by atoms with Crippen molar-refractivity contribution in [3.63, 3.8) is 0 Å². The number of methoxy groups -OCH3 is 1. The molecule has 1 aromatic carbocycles. The molecule has 0 unspecified atom stereocenters. The molecule has 1 aliphatic carbocycles. The van der Waals surface area contributed by atoms with Gasteiger partial charge in [0.1, 0.15) is 0 Å². The summed E-state index contributed by atoms with van der Waals surface area (Å²) in [6.45, 7) is 2.37. The van der Waals surface area contributed by atoms with E-state index in [1.165, 1.54) is 31.2 Å². The van der Waals surface area contributed by atoms with Crippen molar-refractivity contribution in [1.82, 2.24) is 5.32 Å². The SMILES string of the molecule is COc1ccc(CNCCC2=CCCCC2)cc1OCCCC#N. The minimum atomic E-state index is 0.513. The fourth-order valence-electron chi connectivity index (χ4n) is 2.89. The maximum atomic E-state index is 8.58. The Hall–Kier alpha value is -1.99. The molecule has 0 radical (unpaired) electrons. The van der Waals surface area contributed by atoms with Gasteiger partial charge in [0.2, 0.25) is 0 Å². The quantitative estimate of drug-likeness (QED) is 0.512. The summed E-state index contributed by atoms with van der Waals surface area (Å²) >= 11 is 0. The van der Waals surface area contributed by atoms with Gasteiger partial charge in [-0.3, -0.25) is 0 Å². The fraction of sp³-hybridized carbons (Fsp3) is 0.550. The molecule has 0 atom stereocenters. The third-order valence-electron chi connectivity index (χ3n) is 4.26. The summed E-state index contributed by atoms with van der Waals surface area (Å²) in [6.07, 6.45) is 10.0. The molecular formula is C20H28N2O2. The topological polar surface area (TPSA) is 54.3 Å². The standard InChI is InChI=1S/C20H28N2O2/c1-23-19-10-9-18(15-20(19)24-14-6-5-12-21)16-22-13-11-17-7-3-2-4-8-17/h7,9-10,15,22H,2-6,8,11,13-14,16H2,1H3. The highest BCUT2D eigenvalue weighted by Crippen LogP contribution is 2.28. The van der Waals surface area contributed by atoms with Crippen molar-refractivity contribution in [2.24, 2.45) is 0 Å². The highest BCUT2D eigenvalue weighted by Gasteiger charge is 2.07. The summed E-state index contributed by atoms with van der Waals surface area (Å²) in [4.78, 5) is 0. The van der Waals surface area contributed by atoms with Gasteiger partial charge in [-0.25, -0.2) is 0 Å². The van der Waals surface area contributed by atoms with Gasteiger partial charge in [0.05, 0.1) is 19.8 Å². The predicted molar refractivity (Wildman–Crippen MR) is 96.2 cm³/mol. The minimum Gasteiger partial charge on any atom is -0.493 e. The van der Waals surface area contributed by atoms with Crippen LogP contribution in [0.1, 0.15) is 50.5 Å². The maximum absolute atomic E-state index is 8.58. The predicted octanol–water partition coefficient (Wildman–Crippen LogP) is 4.36. The lowest BCUT2D eigenvalue weighted by Gasteiger charge is -2.14. The number of rotatable bonds is 10. The molecule has 0 aliphatic heterocycles. The lowest BCUT2D eigenvalue weighted by atomic mass is 9.97. The van der Waals surface area contributed by atoms with Crippen LogP contribution in [0.3, 0.4) is 0 Å². The Morgan fingerprint density at radius 2 is 2.17 bits per heavy atom. The first-order chi connectivity index (χ1) is 11.8. The second-order valence-electron chi connectivity index (χ2n) is 6.13. The van der Waals surface area contributed by atoms with Crippen LogP contribution in [-0.2, 0) is 6.54 Å². The van der Waals surface area contributed by atoms with Gasteiger partial charge in [0, 0.05) is 13.0 Å². The second-order valence-corrected chi connectivity index (χ2v) is 6.13. The van der Waals surface area contributed by atoms with Gasteiger partial charge >= 0.3 is 0 Å². The Morgan fingerprint density at radius 1 is 1.25 bits per heavy atom. The van der Waals surface area contributed by atoms with Gasteiger partial charge in [0.15, 0.2) is 11.5 Å². The molecule has 1 N–H and O–H groups in total. The number of nitriles is 1. The van der Waals surface area contributed by atoms with Crippen LogP contribution in [0, 0.1) is 11.3 Å². The molecule has 0 fully saturated rings. The zero-order valence-corrected chi connectivity index (χ0v) is 14.6. The number of hydrogen-bond donors (Lipinski definition) is 1. The molecule has 1 aliphatic rings. The summed E-state index contributed by atoms with van der Waals surface area (Å²) in [5.74, 6) is 1.49. The Bertz CT molecular complexity index is 575. The first-order valence-electron chi connectivity index (χ1n) is 8.89. The van der Waals surface area contributed by atoms with Gasteiger partial charge in [0.25, 0.3) is 0 Å². The van der Waals surface area contributed by atoms with Crippen molar-refractivity contribution >= 4 is 0 Å². The van der Waals surface area contributed by atoms with Crippen LogP contribution in [0.5, 0.6) is 11.5 Å². The number of nitrogens with one attached hydrogen (secondary N) is 1. The molecule has 0 saturated heterocycles. The molecule has 2 rings (SSSR count). The zero-order chi connectivity index (χ0) is 17.0. The summed E-state index contributed by atoms with van der Waals surface area (Å²) in [5.41, 5.74) is 2.79. The molecule has 130 valence electrons. The fourth-order valence-corrected chi connectivity index (χ4v) is 2.89. The van der Waals surface area contributed by atoms with Crippen molar-refractivity contribution in [3.05, 3.63) is 35.4 Å². The maximum Gasteiger partial charge on any atom is 0.161 e. The van der Waals surface area contributed by atoms with Gasteiger partial charge in [-0.05, 0) is 62.8 Å². The van der Waals surface area contributed by atoms with E-state index < -0.39 is 0 Å². The molecule has 0 saturated carbocycles. The van der Waals surface area contributed by atoms with E-state index >= 15 is 0 Å². The summed E-state index contributed by atoms with van der Waals surface area (Å²) in [6, 6.07) is 8.16. The largest absolute Gasteiger partial charge is 0.493 e. The Labute approximate surface area is 145 Å². The van der Waals surface area contributed by atoms with Crippen molar-refractivity contribution in [1.29, 1.82) is 5.26 Å². The van der Waals surface area contributed by atoms with E-state index in [0.29, 0.717) is 13.0 Å². The third-order valence-corrected chi connectivity index (χ3v) is 4.26. The molecule has 0 aromatic heterocycles. The van der Waals surface area contributed by atoms with Crippen LogP contribution >= 0.6 is 0 Å². The summed E-state index contributed by atoms with van der Waals surface area (Å²) < 4.78 is 11.1. The minimum absolute atomic E-state index is 0.513. The second kappa shape index (κ2) is 10.7. The Balaban J connectivity index is 1.79. The average Bonchev–Trinajstić information content (AvgIpc) is 2.63. The van der Waals surface area contributed by atoms with Gasteiger partial charge in [-0.2, -0.15) is 5.26 Å². The first kappa shape index (κ1) is 18.4. The number of hydrogen-bond acceptors (Lipinski definition) is 4. The third kappa shape index (κ3) is 6.25. The number of allylic oxidation sites excluding steroid dienone is 1. The molecule has 0 amide bonds. The van der Waals surface area contributed by atoms with Crippen molar-refractivity contribution in [3.8, 4) is 17.6 Å². The van der Waals surface area contributed by atoms with E-state index in [0.717, 1.165) is 37.4 Å². The van der Waals surface area contributed by atoms with E-state index in [1.54, 1.807) is 12.7 Å². The smallest absolute Gasteiger partial charge is 0.161 e. The average molecular weight is 328 g/mol. The molecule has 1 aromatic rings. The highest BCUT2D eigenvalue weighted by atomic mass is 16.5. The lowest BCUT2D eigenvalue weighted by molar-refractivity contribution is 0.290. The van der Waals surface area contributed by atoms with Crippen molar-refractivity contribution in [2.75, 3.05) is 20.3 Å². The van der Waals surface area contributed by atoms with Gasteiger partial charge in [-0.1, -0.05) is 17.7 Å². The number of unbranched alkanes of at least 4 members (excludes halogenated alkanes) is 1. The van der Waals surface area contributed by atoms with Crippen molar-refractivity contribution < 1.29 is 9.47 Å². The molecule has 0 heterocycles. The van der Waals surface area contributed by atoms with Crippen LogP contribution in [0.25, 0.3) is 0 Å². The van der Waals surface area contributed by atoms with Crippen LogP contribution in [0.15, 0.2) is 29.8 Å². The van der Waals surface area contributed by atoms with E-state index in [4.69, 9.17) is 14.7 Å². The molecule has 0 spiro atoms. The summed E-state index contributed by atoms with van der Waals surface area (Å²) in [7, 11) is 1.65. The van der Waals surface area contributed by atoms with E-state index in [2.05, 4.69) is 23.5 Å². The van der Waals surface area contributed by atoms with E-state index in [9.17, 15) is 0 Å².